The van der Waals surface area contributed by atoms with Crippen LogP contribution in [0.3, 0.4) is 0 Å². The average molecular weight is 184 g/mol. The molecular weight excluding hydrogens is 174 g/mol. The zero-order valence-corrected chi connectivity index (χ0v) is 7.76. The van der Waals surface area contributed by atoms with Crippen LogP contribution >= 0.6 is 11.6 Å². The molecule has 1 aromatic carbocycles. The summed E-state index contributed by atoms with van der Waals surface area (Å²) in [6.07, 6.45) is 0. The van der Waals surface area contributed by atoms with Crippen LogP contribution in [0.1, 0.15) is 18.1 Å². The van der Waals surface area contributed by atoms with E-state index in [4.69, 9.17) is 16.8 Å². The van der Waals surface area contributed by atoms with E-state index in [2.05, 4.69) is 5.16 Å². The van der Waals surface area contributed by atoms with Crippen molar-refractivity contribution in [2.24, 2.45) is 5.16 Å². The Morgan fingerprint density at radius 1 is 1.50 bits per heavy atom. The van der Waals surface area contributed by atoms with E-state index in [0.29, 0.717) is 10.7 Å². The summed E-state index contributed by atoms with van der Waals surface area (Å²) < 4.78 is 0. The molecule has 0 radical (unpaired) electrons. The van der Waals surface area contributed by atoms with Crippen molar-refractivity contribution in [2.75, 3.05) is 0 Å². The van der Waals surface area contributed by atoms with Gasteiger partial charge < -0.3 is 5.21 Å². The van der Waals surface area contributed by atoms with Gasteiger partial charge in [0.05, 0.1) is 5.71 Å². The molecular formula is C9H10ClNO. The van der Waals surface area contributed by atoms with Gasteiger partial charge in [0.2, 0.25) is 0 Å². The zero-order chi connectivity index (χ0) is 9.14. The van der Waals surface area contributed by atoms with E-state index >= 15 is 0 Å². The molecule has 1 N–H and O–H groups in total. The molecule has 0 amide bonds. The van der Waals surface area contributed by atoms with Crippen molar-refractivity contribution in [3.05, 3.63) is 34.3 Å². The van der Waals surface area contributed by atoms with Crippen LogP contribution < -0.4 is 0 Å². The fraction of sp³-hybridized carbons (Fsp3) is 0.222. The third-order valence-corrected chi connectivity index (χ3v) is 2.22. The topological polar surface area (TPSA) is 32.6 Å². The summed E-state index contributed by atoms with van der Waals surface area (Å²) in [6.45, 7) is 3.63. The Balaban J connectivity index is 3.26. The molecule has 0 fully saturated rings. The van der Waals surface area contributed by atoms with E-state index in [1.807, 2.05) is 25.1 Å². The molecule has 0 atom stereocenters. The maximum atomic E-state index is 8.55. The molecule has 0 aliphatic carbocycles. The monoisotopic (exact) mass is 183 g/mol. The van der Waals surface area contributed by atoms with Gasteiger partial charge in [0.25, 0.3) is 0 Å². The summed E-state index contributed by atoms with van der Waals surface area (Å²) in [6, 6.07) is 5.51. The second kappa shape index (κ2) is 3.59. The minimum absolute atomic E-state index is 0.579. The first-order chi connectivity index (χ1) is 5.66. The molecule has 2 nitrogen and oxygen atoms in total. The summed E-state index contributed by atoms with van der Waals surface area (Å²) in [5.74, 6) is 0. The maximum Gasteiger partial charge on any atom is 0.0840 e. The van der Waals surface area contributed by atoms with Gasteiger partial charge in [0.1, 0.15) is 0 Å². The highest BCUT2D eigenvalue weighted by atomic mass is 35.5. The summed E-state index contributed by atoms with van der Waals surface area (Å²) in [5.41, 5.74) is 2.40. The largest absolute Gasteiger partial charge is 0.411 e. The summed E-state index contributed by atoms with van der Waals surface area (Å²) in [4.78, 5) is 0. The number of oxime groups is 1. The quantitative estimate of drug-likeness (QED) is 0.405. The van der Waals surface area contributed by atoms with E-state index < -0.39 is 0 Å². The van der Waals surface area contributed by atoms with Crippen molar-refractivity contribution in [2.45, 2.75) is 13.8 Å². The third-order valence-electron chi connectivity index (χ3n) is 1.81. The molecule has 0 aliphatic rings. The highest BCUT2D eigenvalue weighted by molar-refractivity contribution is 6.31. The molecule has 1 aromatic rings. The summed E-state index contributed by atoms with van der Waals surface area (Å²) in [7, 11) is 0. The second-order valence-electron chi connectivity index (χ2n) is 2.60. The summed E-state index contributed by atoms with van der Waals surface area (Å²) >= 11 is 5.88. The van der Waals surface area contributed by atoms with Gasteiger partial charge in [-0.1, -0.05) is 28.9 Å². The van der Waals surface area contributed by atoms with Crippen molar-refractivity contribution in [3.63, 3.8) is 0 Å². The molecule has 0 saturated heterocycles. The van der Waals surface area contributed by atoms with Gasteiger partial charge in [0.15, 0.2) is 0 Å². The first kappa shape index (κ1) is 9.07. The lowest BCUT2D eigenvalue weighted by atomic mass is 10.1. The van der Waals surface area contributed by atoms with Crippen molar-refractivity contribution in [3.8, 4) is 0 Å². The molecule has 12 heavy (non-hydrogen) atoms. The average Bonchev–Trinajstić information content (AvgIpc) is 2.08. The van der Waals surface area contributed by atoms with E-state index in [-0.39, 0.29) is 0 Å². The van der Waals surface area contributed by atoms with Crippen LogP contribution in [0.2, 0.25) is 5.02 Å². The Kier molecular flexibility index (Phi) is 2.71. The minimum Gasteiger partial charge on any atom is -0.411 e. The van der Waals surface area contributed by atoms with Crippen molar-refractivity contribution in [1.82, 2.24) is 0 Å². The Hall–Kier alpha value is -1.02. The van der Waals surface area contributed by atoms with Gasteiger partial charge in [-0.05, 0) is 25.5 Å². The van der Waals surface area contributed by atoms with Crippen LogP contribution in [-0.2, 0) is 0 Å². The van der Waals surface area contributed by atoms with Crippen molar-refractivity contribution >= 4 is 17.3 Å². The zero-order valence-electron chi connectivity index (χ0n) is 7.00. The second-order valence-corrected chi connectivity index (χ2v) is 3.01. The molecule has 0 bridgehead atoms. The van der Waals surface area contributed by atoms with Crippen molar-refractivity contribution < 1.29 is 5.21 Å². The van der Waals surface area contributed by atoms with Crippen LogP contribution in [-0.4, -0.2) is 10.9 Å². The first-order valence-electron chi connectivity index (χ1n) is 3.61. The standard InChI is InChI=1S/C9H10ClNO/c1-6-8(7(2)11-12)4-3-5-9(6)10/h3-5,12H,1-2H3. The van der Waals surface area contributed by atoms with E-state index in [0.717, 1.165) is 11.1 Å². The van der Waals surface area contributed by atoms with Crippen LogP contribution in [0, 0.1) is 6.92 Å². The molecule has 0 spiro atoms. The van der Waals surface area contributed by atoms with Crippen molar-refractivity contribution in [1.29, 1.82) is 0 Å². The van der Waals surface area contributed by atoms with Gasteiger partial charge >= 0.3 is 0 Å². The molecule has 1 rings (SSSR count). The van der Waals surface area contributed by atoms with Gasteiger partial charge in [-0.3, -0.25) is 0 Å². The van der Waals surface area contributed by atoms with Crippen LogP contribution in [0.15, 0.2) is 23.4 Å². The van der Waals surface area contributed by atoms with Crippen LogP contribution in [0.25, 0.3) is 0 Å². The lowest BCUT2D eigenvalue weighted by Gasteiger charge is -2.04. The lowest BCUT2D eigenvalue weighted by molar-refractivity contribution is 0.319. The Morgan fingerprint density at radius 2 is 2.17 bits per heavy atom. The van der Waals surface area contributed by atoms with E-state index in [9.17, 15) is 0 Å². The Morgan fingerprint density at radius 3 is 2.75 bits per heavy atom. The Labute approximate surface area is 76.5 Å². The highest BCUT2D eigenvalue weighted by Gasteiger charge is 2.04. The van der Waals surface area contributed by atoms with Gasteiger partial charge in [-0.2, -0.15) is 0 Å². The third kappa shape index (κ3) is 1.59. The predicted molar refractivity (Wildman–Crippen MR) is 50.2 cm³/mol. The minimum atomic E-state index is 0.579. The Bertz CT molecular complexity index is 320. The lowest BCUT2D eigenvalue weighted by Crippen LogP contribution is -1.97. The van der Waals surface area contributed by atoms with Gasteiger partial charge in [-0.15, -0.1) is 0 Å². The molecule has 0 unspecified atom stereocenters. The van der Waals surface area contributed by atoms with Crippen LogP contribution in [0.4, 0.5) is 0 Å². The number of nitrogens with zero attached hydrogens (tertiary/aromatic N) is 1. The molecule has 0 aliphatic heterocycles. The number of benzene rings is 1. The smallest absolute Gasteiger partial charge is 0.0840 e. The highest BCUT2D eigenvalue weighted by Crippen LogP contribution is 2.18. The molecule has 64 valence electrons. The molecule has 0 saturated carbocycles. The number of hydrogen-bond donors (Lipinski definition) is 1. The molecule has 3 heteroatoms. The number of rotatable bonds is 1. The maximum absolute atomic E-state index is 8.55. The van der Waals surface area contributed by atoms with E-state index in [1.54, 1.807) is 6.92 Å². The van der Waals surface area contributed by atoms with Gasteiger partial charge in [0, 0.05) is 10.6 Å². The van der Waals surface area contributed by atoms with Crippen LogP contribution in [0.5, 0.6) is 0 Å². The molecule has 0 aromatic heterocycles. The summed E-state index contributed by atoms with van der Waals surface area (Å²) in [5, 5.41) is 12.4. The number of hydrogen-bond acceptors (Lipinski definition) is 2. The first-order valence-corrected chi connectivity index (χ1v) is 3.98. The predicted octanol–water partition coefficient (Wildman–Crippen LogP) is 2.85. The number of halogens is 1. The van der Waals surface area contributed by atoms with E-state index in [1.165, 1.54) is 0 Å². The molecule has 0 heterocycles. The fourth-order valence-electron chi connectivity index (χ4n) is 1.05. The fourth-order valence-corrected chi connectivity index (χ4v) is 1.23. The van der Waals surface area contributed by atoms with Gasteiger partial charge in [-0.25, -0.2) is 0 Å². The normalized spacial score (nSPS) is 11.8. The SMILES string of the molecule is CC(=NO)c1cccc(Cl)c1C.